The van der Waals surface area contributed by atoms with E-state index in [1.54, 1.807) is 50.2 Å². The number of thiophene rings is 1. The van der Waals surface area contributed by atoms with Gasteiger partial charge in [0.25, 0.3) is 0 Å². The summed E-state index contributed by atoms with van der Waals surface area (Å²) in [6.07, 6.45) is 0. The maximum Gasteiger partial charge on any atom is 0.243 e. The maximum atomic E-state index is 14.7. The Morgan fingerprint density at radius 3 is 2.45 bits per heavy atom. The standard InChI is InChI=1S/C22H17ClFNO3S/c1-11-9-10-13(17(28-3)16(11)24)14-15-18(26)22(2,12-7-5-4-6-8-12)21(27)25-20(15)29-19(14)23/h4-10H,1-3H3,(H,25,27). The molecule has 1 amide bonds. The summed E-state index contributed by atoms with van der Waals surface area (Å²) >= 11 is 7.56. The number of aryl methyl sites for hydroxylation is 1. The number of anilines is 1. The molecule has 0 spiro atoms. The summed E-state index contributed by atoms with van der Waals surface area (Å²) in [7, 11) is 1.37. The molecule has 0 fully saturated rings. The number of hydrogen-bond acceptors (Lipinski definition) is 4. The van der Waals surface area contributed by atoms with Crippen molar-refractivity contribution >= 4 is 39.6 Å². The quantitative estimate of drug-likeness (QED) is 0.550. The molecule has 3 aromatic rings. The fourth-order valence-corrected chi connectivity index (χ4v) is 4.98. The van der Waals surface area contributed by atoms with Crippen LogP contribution in [0.5, 0.6) is 5.75 Å². The minimum absolute atomic E-state index is 0.0126. The minimum Gasteiger partial charge on any atom is -0.493 e. The molecule has 148 valence electrons. The smallest absolute Gasteiger partial charge is 0.243 e. The molecule has 0 bridgehead atoms. The molecule has 4 nitrogen and oxygen atoms in total. The van der Waals surface area contributed by atoms with Crippen LogP contribution in [0.25, 0.3) is 11.1 Å². The lowest BCUT2D eigenvalue weighted by atomic mass is 9.73. The number of nitrogens with one attached hydrogen (secondary N) is 1. The van der Waals surface area contributed by atoms with E-state index in [0.29, 0.717) is 27.3 Å². The van der Waals surface area contributed by atoms with Crippen LogP contribution in [0.3, 0.4) is 0 Å². The zero-order valence-electron chi connectivity index (χ0n) is 15.9. The van der Waals surface area contributed by atoms with Crippen molar-refractivity contribution in [2.45, 2.75) is 19.3 Å². The maximum absolute atomic E-state index is 14.7. The monoisotopic (exact) mass is 429 g/mol. The van der Waals surface area contributed by atoms with Crippen LogP contribution in [0, 0.1) is 12.7 Å². The Balaban J connectivity index is 1.98. The topological polar surface area (TPSA) is 55.4 Å². The highest BCUT2D eigenvalue weighted by molar-refractivity contribution is 7.21. The molecule has 1 N–H and O–H groups in total. The van der Waals surface area contributed by atoms with Crippen LogP contribution in [0.1, 0.15) is 28.4 Å². The molecule has 0 aliphatic carbocycles. The number of ether oxygens (including phenoxy) is 1. The molecular formula is C22H17ClFNO3S. The molecule has 0 saturated heterocycles. The molecule has 1 aliphatic heterocycles. The molecule has 2 aromatic carbocycles. The van der Waals surface area contributed by atoms with Gasteiger partial charge in [-0.05, 0) is 25.0 Å². The van der Waals surface area contributed by atoms with E-state index in [2.05, 4.69) is 5.32 Å². The molecule has 29 heavy (non-hydrogen) atoms. The molecule has 0 radical (unpaired) electrons. The van der Waals surface area contributed by atoms with E-state index in [1.165, 1.54) is 7.11 Å². The fourth-order valence-electron chi connectivity index (χ4n) is 3.61. The van der Waals surface area contributed by atoms with Gasteiger partial charge in [0.2, 0.25) is 5.91 Å². The number of hydrogen-bond donors (Lipinski definition) is 1. The van der Waals surface area contributed by atoms with Gasteiger partial charge in [0.1, 0.15) is 14.8 Å². The number of Topliss-reactive ketones (excluding diaryl/α,β-unsaturated/α-hetero) is 1. The molecule has 2 heterocycles. The first-order valence-corrected chi connectivity index (χ1v) is 10.1. The Labute approximate surface area is 176 Å². The summed E-state index contributed by atoms with van der Waals surface area (Å²) in [5.74, 6) is -1.31. The second kappa shape index (κ2) is 6.97. The molecule has 1 aromatic heterocycles. The first-order chi connectivity index (χ1) is 13.8. The molecule has 1 aliphatic rings. The van der Waals surface area contributed by atoms with E-state index in [-0.39, 0.29) is 21.4 Å². The number of methoxy groups -OCH3 is 1. The van der Waals surface area contributed by atoms with Crippen molar-refractivity contribution in [3.8, 4) is 16.9 Å². The van der Waals surface area contributed by atoms with Crippen molar-refractivity contribution < 1.29 is 18.7 Å². The Morgan fingerprint density at radius 1 is 1.10 bits per heavy atom. The summed E-state index contributed by atoms with van der Waals surface area (Å²) in [6.45, 7) is 3.22. The van der Waals surface area contributed by atoms with Gasteiger partial charge in [0, 0.05) is 11.1 Å². The van der Waals surface area contributed by atoms with Crippen molar-refractivity contribution in [2.24, 2.45) is 0 Å². The van der Waals surface area contributed by atoms with Gasteiger partial charge in [-0.15, -0.1) is 11.3 Å². The lowest BCUT2D eigenvalue weighted by Crippen LogP contribution is -2.48. The number of amides is 1. The summed E-state index contributed by atoms with van der Waals surface area (Å²) in [5.41, 5.74) is 0.576. The highest BCUT2D eigenvalue weighted by Crippen LogP contribution is 2.51. The van der Waals surface area contributed by atoms with Gasteiger partial charge in [-0.25, -0.2) is 4.39 Å². The third kappa shape index (κ3) is 2.78. The average molecular weight is 430 g/mol. The highest BCUT2D eigenvalue weighted by atomic mass is 35.5. The van der Waals surface area contributed by atoms with E-state index in [4.69, 9.17) is 16.3 Å². The number of carbonyl (C=O) groups is 2. The SMILES string of the molecule is COc1c(-c2c(Cl)sc3c2C(=O)C(C)(c2ccccc2)C(=O)N3)ccc(C)c1F. The van der Waals surface area contributed by atoms with Crippen molar-refractivity contribution in [3.63, 3.8) is 0 Å². The molecular weight excluding hydrogens is 413 g/mol. The second-order valence-electron chi connectivity index (χ2n) is 7.01. The Hall–Kier alpha value is -2.70. The Bertz CT molecular complexity index is 1160. The van der Waals surface area contributed by atoms with Gasteiger partial charge in [0.15, 0.2) is 17.3 Å². The Kier molecular flexibility index (Phi) is 4.71. The van der Waals surface area contributed by atoms with Crippen LogP contribution in [-0.2, 0) is 10.2 Å². The zero-order valence-corrected chi connectivity index (χ0v) is 17.5. The number of rotatable bonds is 3. The number of fused-ring (bicyclic) bond motifs is 1. The minimum atomic E-state index is -1.43. The van der Waals surface area contributed by atoms with Gasteiger partial charge in [-0.1, -0.05) is 54.1 Å². The summed E-state index contributed by atoms with van der Waals surface area (Å²) in [5, 5.41) is 3.17. The number of ketones is 1. The lowest BCUT2D eigenvalue weighted by molar-refractivity contribution is -0.119. The largest absolute Gasteiger partial charge is 0.493 e. The summed E-state index contributed by atoms with van der Waals surface area (Å²) in [4.78, 5) is 26.6. The first kappa shape index (κ1) is 19.6. The number of benzene rings is 2. The zero-order chi connectivity index (χ0) is 20.9. The van der Waals surface area contributed by atoms with Crippen LogP contribution in [0.2, 0.25) is 4.34 Å². The van der Waals surface area contributed by atoms with Gasteiger partial charge in [0.05, 0.1) is 12.7 Å². The number of carbonyl (C=O) groups excluding carboxylic acids is 2. The van der Waals surface area contributed by atoms with E-state index in [9.17, 15) is 14.0 Å². The Morgan fingerprint density at radius 2 is 1.79 bits per heavy atom. The predicted octanol–water partition coefficient (Wildman–Crippen LogP) is 5.62. The highest BCUT2D eigenvalue weighted by Gasteiger charge is 2.49. The van der Waals surface area contributed by atoms with Gasteiger partial charge < -0.3 is 10.1 Å². The van der Waals surface area contributed by atoms with Crippen molar-refractivity contribution in [2.75, 3.05) is 12.4 Å². The van der Waals surface area contributed by atoms with Crippen molar-refractivity contribution in [1.82, 2.24) is 0 Å². The summed E-state index contributed by atoms with van der Waals surface area (Å²) < 4.78 is 20.2. The lowest BCUT2D eigenvalue weighted by Gasteiger charge is -2.31. The molecule has 1 atom stereocenters. The van der Waals surface area contributed by atoms with Crippen LogP contribution in [0.4, 0.5) is 9.39 Å². The van der Waals surface area contributed by atoms with Gasteiger partial charge in [-0.3, -0.25) is 9.59 Å². The van der Waals surface area contributed by atoms with Crippen molar-refractivity contribution in [1.29, 1.82) is 0 Å². The van der Waals surface area contributed by atoms with E-state index in [1.807, 2.05) is 6.07 Å². The van der Waals surface area contributed by atoms with E-state index >= 15 is 0 Å². The first-order valence-electron chi connectivity index (χ1n) is 8.88. The van der Waals surface area contributed by atoms with Crippen molar-refractivity contribution in [3.05, 3.63) is 69.3 Å². The van der Waals surface area contributed by atoms with Crippen LogP contribution >= 0.6 is 22.9 Å². The van der Waals surface area contributed by atoms with E-state index in [0.717, 1.165) is 11.3 Å². The third-order valence-corrected chi connectivity index (χ3v) is 6.66. The normalized spacial score (nSPS) is 18.4. The van der Waals surface area contributed by atoms with Crippen LogP contribution < -0.4 is 10.1 Å². The molecule has 7 heteroatoms. The second-order valence-corrected chi connectivity index (χ2v) is 8.63. The fraction of sp³-hybridized carbons (Fsp3) is 0.182. The predicted molar refractivity (Wildman–Crippen MR) is 113 cm³/mol. The molecule has 4 rings (SSSR count). The molecule has 0 saturated carbocycles. The average Bonchev–Trinajstić information content (AvgIpc) is 3.04. The van der Waals surface area contributed by atoms with Gasteiger partial charge in [-0.2, -0.15) is 0 Å². The molecule has 1 unspecified atom stereocenters. The number of halogens is 2. The van der Waals surface area contributed by atoms with Crippen LogP contribution in [-0.4, -0.2) is 18.8 Å². The van der Waals surface area contributed by atoms with Crippen LogP contribution in [0.15, 0.2) is 42.5 Å². The van der Waals surface area contributed by atoms with E-state index < -0.39 is 17.1 Å². The van der Waals surface area contributed by atoms with Gasteiger partial charge >= 0.3 is 0 Å². The summed E-state index contributed by atoms with van der Waals surface area (Å²) in [6, 6.07) is 12.1. The third-order valence-electron chi connectivity index (χ3n) is 5.34.